The van der Waals surface area contributed by atoms with Gasteiger partial charge in [0.25, 0.3) is 0 Å². The number of aromatic nitrogens is 1. The molecule has 0 fully saturated rings. The van der Waals surface area contributed by atoms with Crippen molar-refractivity contribution in [2.75, 3.05) is 0 Å². The van der Waals surface area contributed by atoms with Crippen LogP contribution in [0, 0.1) is 6.92 Å². The van der Waals surface area contributed by atoms with Crippen molar-refractivity contribution in [2.45, 2.75) is 38.8 Å². The number of fused-ring (bicyclic) bond motifs is 1. The number of amides is 1. The summed E-state index contributed by atoms with van der Waals surface area (Å²) in [6.45, 7) is 1.91. The molecule has 1 N–H and O–H groups in total. The van der Waals surface area contributed by atoms with Crippen LogP contribution in [0.5, 0.6) is 0 Å². The quantitative estimate of drug-likeness (QED) is 0.941. The first-order valence-electron chi connectivity index (χ1n) is 6.65. The molecule has 1 amide bonds. The molecular formula is C14H16N2O3S. The molecule has 3 rings (SSSR count). The van der Waals surface area contributed by atoms with Crippen molar-refractivity contribution in [1.29, 1.82) is 0 Å². The van der Waals surface area contributed by atoms with Gasteiger partial charge < -0.3 is 9.73 Å². The molecule has 106 valence electrons. The minimum atomic E-state index is -0.132. The molecule has 0 radical (unpaired) electrons. The lowest BCUT2D eigenvalue weighted by atomic mass is 9.93. The zero-order chi connectivity index (χ0) is 14.1. The van der Waals surface area contributed by atoms with Crippen molar-refractivity contribution in [3.63, 3.8) is 0 Å². The molecule has 1 aliphatic carbocycles. The molecule has 0 aromatic carbocycles. The maximum atomic E-state index is 12.1. The maximum absolute atomic E-state index is 12.1. The Morgan fingerprint density at radius 3 is 3.20 bits per heavy atom. The van der Waals surface area contributed by atoms with E-state index in [9.17, 15) is 9.59 Å². The van der Waals surface area contributed by atoms with Crippen molar-refractivity contribution >= 4 is 17.2 Å². The molecule has 0 bridgehead atoms. The highest BCUT2D eigenvalue weighted by atomic mass is 32.1. The number of carbonyl (C=O) groups excluding carboxylic acids is 1. The predicted octanol–water partition coefficient (Wildman–Crippen LogP) is 2.01. The average Bonchev–Trinajstić information content (AvgIpc) is 3.01. The van der Waals surface area contributed by atoms with E-state index in [2.05, 4.69) is 5.32 Å². The second kappa shape index (κ2) is 5.28. The van der Waals surface area contributed by atoms with Gasteiger partial charge in [0.05, 0.1) is 12.3 Å². The second-order valence-electron chi connectivity index (χ2n) is 5.04. The third-order valence-corrected chi connectivity index (χ3v) is 4.55. The van der Waals surface area contributed by atoms with Gasteiger partial charge in [-0.25, -0.2) is 0 Å². The van der Waals surface area contributed by atoms with Crippen LogP contribution in [0.15, 0.2) is 26.9 Å². The minimum Gasteiger partial charge on any atom is -0.469 e. The summed E-state index contributed by atoms with van der Waals surface area (Å²) in [4.78, 5) is 23.6. The first-order chi connectivity index (χ1) is 9.65. The largest absolute Gasteiger partial charge is 0.469 e. The van der Waals surface area contributed by atoms with E-state index in [1.54, 1.807) is 11.6 Å². The van der Waals surface area contributed by atoms with Crippen LogP contribution >= 0.6 is 11.3 Å². The van der Waals surface area contributed by atoms with Gasteiger partial charge in [0, 0.05) is 23.1 Å². The number of nitrogens with one attached hydrogen (secondary N) is 1. The van der Waals surface area contributed by atoms with Gasteiger partial charge in [0.15, 0.2) is 0 Å². The molecule has 2 heterocycles. The molecule has 6 heteroatoms. The van der Waals surface area contributed by atoms with Gasteiger partial charge in [-0.2, -0.15) is 0 Å². The third kappa shape index (κ3) is 2.43. The Balaban J connectivity index is 1.71. The Hall–Kier alpha value is -1.82. The summed E-state index contributed by atoms with van der Waals surface area (Å²) in [5.41, 5.74) is 1.89. The van der Waals surface area contributed by atoms with Crippen LogP contribution in [-0.2, 0) is 17.8 Å². The van der Waals surface area contributed by atoms with Gasteiger partial charge in [0.2, 0.25) is 5.91 Å². The number of hydrogen-bond donors (Lipinski definition) is 1. The first kappa shape index (κ1) is 13.2. The summed E-state index contributed by atoms with van der Waals surface area (Å²) in [6, 6.07) is 1.92. The normalized spacial score (nSPS) is 17.8. The number of nitrogens with zero attached hydrogens (tertiary/aromatic N) is 1. The highest BCUT2D eigenvalue weighted by Gasteiger charge is 2.24. The summed E-state index contributed by atoms with van der Waals surface area (Å²) < 4.78 is 6.91. The SMILES string of the molecule is Cc1csc(=O)n1CC(=O)NC1CCCc2occc21. The summed E-state index contributed by atoms with van der Waals surface area (Å²) in [5.74, 6) is 0.832. The Labute approximate surface area is 120 Å². The lowest BCUT2D eigenvalue weighted by Crippen LogP contribution is -2.35. The third-order valence-electron chi connectivity index (χ3n) is 3.67. The molecule has 2 aromatic heterocycles. The lowest BCUT2D eigenvalue weighted by molar-refractivity contribution is -0.122. The molecule has 0 saturated carbocycles. The van der Waals surface area contributed by atoms with Crippen molar-refractivity contribution in [1.82, 2.24) is 9.88 Å². The van der Waals surface area contributed by atoms with Crippen molar-refractivity contribution in [2.24, 2.45) is 0 Å². The number of aryl methyl sites for hydroxylation is 2. The predicted molar refractivity (Wildman–Crippen MR) is 75.8 cm³/mol. The van der Waals surface area contributed by atoms with E-state index < -0.39 is 0 Å². The van der Waals surface area contributed by atoms with Gasteiger partial charge in [0.1, 0.15) is 12.3 Å². The van der Waals surface area contributed by atoms with Gasteiger partial charge >= 0.3 is 4.87 Å². The topological polar surface area (TPSA) is 64.2 Å². The van der Waals surface area contributed by atoms with E-state index in [4.69, 9.17) is 4.42 Å². The highest BCUT2D eigenvalue weighted by molar-refractivity contribution is 7.07. The fraction of sp³-hybridized carbons (Fsp3) is 0.429. The Kier molecular flexibility index (Phi) is 3.48. The molecular weight excluding hydrogens is 276 g/mol. The highest BCUT2D eigenvalue weighted by Crippen LogP contribution is 2.30. The molecule has 1 aliphatic rings. The average molecular weight is 292 g/mol. The zero-order valence-corrected chi connectivity index (χ0v) is 12.0. The minimum absolute atomic E-state index is 0.000330. The van der Waals surface area contributed by atoms with E-state index in [0.29, 0.717) is 0 Å². The number of rotatable bonds is 3. The molecule has 1 unspecified atom stereocenters. The van der Waals surface area contributed by atoms with Crippen LogP contribution in [0.3, 0.4) is 0 Å². The molecule has 5 nitrogen and oxygen atoms in total. The molecule has 0 aliphatic heterocycles. The van der Waals surface area contributed by atoms with E-state index in [1.165, 1.54) is 4.57 Å². The van der Waals surface area contributed by atoms with Crippen LogP contribution in [0.25, 0.3) is 0 Å². The Bertz CT molecular complexity index is 683. The smallest absolute Gasteiger partial charge is 0.307 e. The van der Waals surface area contributed by atoms with Crippen LogP contribution in [0.2, 0.25) is 0 Å². The second-order valence-corrected chi connectivity index (χ2v) is 5.86. The number of furan rings is 1. The fourth-order valence-electron chi connectivity index (χ4n) is 2.62. The number of carbonyl (C=O) groups is 1. The summed E-state index contributed by atoms with van der Waals surface area (Å²) in [5, 5.41) is 4.77. The summed E-state index contributed by atoms with van der Waals surface area (Å²) in [7, 11) is 0. The standard InChI is InChI=1S/C14H16N2O3S/c1-9-8-20-14(18)16(9)7-13(17)15-11-3-2-4-12-10(11)5-6-19-12/h5-6,8,11H,2-4,7H2,1H3,(H,15,17). The number of hydrogen-bond acceptors (Lipinski definition) is 4. The fourth-order valence-corrected chi connectivity index (χ4v) is 3.35. The van der Waals surface area contributed by atoms with Gasteiger partial charge in [-0.05, 0) is 25.8 Å². The molecule has 1 atom stereocenters. The lowest BCUT2D eigenvalue weighted by Gasteiger charge is -2.22. The van der Waals surface area contributed by atoms with Crippen LogP contribution < -0.4 is 10.2 Å². The Morgan fingerprint density at radius 1 is 1.60 bits per heavy atom. The van der Waals surface area contributed by atoms with Gasteiger partial charge in [-0.1, -0.05) is 11.3 Å². The van der Waals surface area contributed by atoms with E-state index in [0.717, 1.165) is 47.6 Å². The summed E-state index contributed by atoms with van der Waals surface area (Å²) >= 11 is 1.12. The first-order valence-corrected chi connectivity index (χ1v) is 7.53. The van der Waals surface area contributed by atoms with E-state index in [1.807, 2.05) is 13.0 Å². The summed E-state index contributed by atoms with van der Waals surface area (Å²) in [6.07, 6.45) is 4.51. The molecule has 2 aromatic rings. The van der Waals surface area contributed by atoms with E-state index in [-0.39, 0.29) is 23.4 Å². The Morgan fingerprint density at radius 2 is 2.45 bits per heavy atom. The molecule has 0 saturated heterocycles. The molecule has 20 heavy (non-hydrogen) atoms. The monoisotopic (exact) mass is 292 g/mol. The van der Waals surface area contributed by atoms with Crippen molar-refractivity contribution in [3.05, 3.63) is 44.4 Å². The molecule has 0 spiro atoms. The maximum Gasteiger partial charge on any atom is 0.307 e. The zero-order valence-electron chi connectivity index (χ0n) is 11.2. The van der Waals surface area contributed by atoms with Gasteiger partial charge in [-0.3, -0.25) is 14.2 Å². The number of thiazole rings is 1. The van der Waals surface area contributed by atoms with Crippen LogP contribution in [0.1, 0.15) is 35.9 Å². The van der Waals surface area contributed by atoms with Crippen molar-refractivity contribution in [3.8, 4) is 0 Å². The van der Waals surface area contributed by atoms with Crippen LogP contribution in [0.4, 0.5) is 0 Å². The van der Waals surface area contributed by atoms with Crippen LogP contribution in [-0.4, -0.2) is 10.5 Å². The van der Waals surface area contributed by atoms with E-state index >= 15 is 0 Å². The van der Waals surface area contributed by atoms with Gasteiger partial charge in [-0.15, -0.1) is 0 Å². The van der Waals surface area contributed by atoms with Crippen molar-refractivity contribution < 1.29 is 9.21 Å².